The number of benzene rings is 1. The van der Waals surface area contributed by atoms with Crippen LogP contribution in [-0.4, -0.2) is 43.0 Å². The molecule has 5 nitrogen and oxygen atoms in total. The molecule has 0 fully saturated rings. The van der Waals surface area contributed by atoms with Crippen LogP contribution in [0.4, 0.5) is 11.4 Å². The summed E-state index contributed by atoms with van der Waals surface area (Å²) in [5.41, 5.74) is 2.03. The van der Waals surface area contributed by atoms with Gasteiger partial charge in [0.15, 0.2) is 0 Å². The van der Waals surface area contributed by atoms with Gasteiger partial charge in [-0.15, -0.1) is 0 Å². The highest BCUT2D eigenvalue weighted by molar-refractivity contribution is 9.10. The van der Waals surface area contributed by atoms with E-state index < -0.39 is 0 Å². The molecule has 0 unspecified atom stereocenters. The molecule has 0 saturated heterocycles. The van der Waals surface area contributed by atoms with E-state index in [0.717, 1.165) is 28.9 Å². The number of amides is 1. The standard InChI is InChI=1S/C16H19BrN4O/c1-21(2)10-9-18-14-7-8-15(19-11-14)16(22)20-13-5-3-12(17)4-6-13/h3-8,11,18H,9-10H2,1-2H3,(H,20,22). The van der Waals surface area contributed by atoms with Gasteiger partial charge in [-0.1, -0.05) is 15.9 Å². The Hall–Kier alpha value is -1.92. The first-order chi connectivity index (χ1) is 10.5. The SMILES string of the molecule is CN(C)CCNc1ccc(C(=O)Nc2ccc(Br)cc2)nc1. The van der Waals surface area contributed by atoms with Crippen molar-refractivity contribution in [2.24, 2.45) is 0 Å². The quantitative estimate of drug-likeness (QED) is 0.828. The molecular weight excluding hydrogens is 344 g/mol. The lowest BCUT2D eigenvalue weighted by Gasteiger charge is -2.11. The summed E-state index contributed by atoms with van der Waals surface area (Å²) in [7, 11) is 4.05. The number of carbonyl (C=O) groups is 1. The molecule has 22 heavy (non-hydrogen) atoms. The Bertz CT molecular complexity index is 611. The number of pyridine rings is 1. The lowest BCUT2D eigenvalue weighted by atomic mass is 10.3. The minimum Gasteiger partial charge on any atom is -0.383 e. The lowest BCUT2D eigenvalue weighted by Crippen LogP contribution is -2.21. The van der Waals surface area contributed by atoms with Crippen LogP contribution in [0.5, 0.6) is 0 Å². The van der Waals surface area contributed by atoms with Crippen molar-refractivity contribution in [1.82, 2.24) is 9.88 Å². The van der Waals surface area contributed by atoms with Crippen molar-refractivity contribution in [1.29, 1.82) is 0 Å². The molecule has 0 aliphatic heterocycles. The van der Waals surface area contributed by atoms with E-state index in [1.165, 1.54) is 0 Å². The van der Waals surface area contributed by atoms with E-state index in [1.807, 2.05) is 44.4 Å². The molecule has 1 heterocycles. The van der Waals surface area contributed by atoms with Gasteiger partial charge >= 0.3 is 0 Å². The largest absolute Gasteiger partial charge is 0.383 e. The first-order valence-corrected chi connectivity index (χ1v) is 7.75. The highest BCUT2D eigenvalue weighted by Gasteiger charge is 2.07. The maximum absolute atomic E-state index is 12.1. The lowest BCUT2D eigenvalue weighted by molar-refractivity contribution is 0.102. The third kappa shape index (κ3) is 5.13. The number of hydrogen-bond donors (Lipinski definition) is 2. The number of halogens is 1. The number of nitrogens with one attached hydrogen (secondary N) is 2. The molecule has 1 amide bonds. The molecule has 1 aromatic heterocycles. The van der Waals surface area contributed by atoms with Gasteiger partial charge in [0.25, 0.3) is 5.91 Å². The van der Waals surface area contributed by atoms with Crippen LogP contribution >= 0.6 is 15.9 Å². The predicted molar refractivity (Wildman–Crippen MR) is 93.4 cm³/mol. The molecule has 2 aromatic rings. The second-order valence-electron chi connectivity index (χ2n) is 5.12. The molecular formula is C16H19BrN4O. The Labute approximate surface area is 138 Å². The van der Waals surface area contributed by atoms with Crippen LogP contribution in [0.3, 0.4) is 0 Å². The van der Waals surface area contributed by atoms with Gasteiger partial charge in [0, 0.05) is 23.2 Å². The van der Waals surface area contributed by atoms with Crippen molar-refractivity contribution in [3.8, 4) is 0 Å². The van der Waals surface area contributed by atoms with Crippen LogP contribution in [0.15, 0.2) is 47.1 Å². The van der Waals surface area contributed by atoms with E-state index in [2.05, 4.69) is 36.4 Å². The molecule has 2 rings (SSSR count). The van der Waals surface area contributed by atoms with Crippen molar-refractivity contribution < 1.29 is 4.79 Å². The van der Waals surface area contributed by atoms with Gasteiger partial charge in [0.1, 0.15) is 5.69 Å². The van der Waals surface area contributed by atoms with Crippen LogP contribution in [0.2, 0.25) is 0 Å². The summed E-state index contributed by atoms with van der Waals surface area (Å²) in [6, 6.07) is 11.0. The van der Waals surface area contributed by atoms with Gasteiger partial charge in [0.2, 0.25) is 0 Å². The van der Waals surface area contributed by atoms with E-state index in [4.69, 9.17) is 0 Å². The number of anilines is 2. The summed E-state index contributed by atoms with van der Waals surface area (Å²) in [5, 5.41) is 6.07. The van der Waals surface area contributed by atoms with E-state index in [1.54, 1.807) is 12.3 Å². The topological polar surface area (TPSA) is 57.3 Å². The molecule has 0 atom stereocenters. The number of aromatic nitrogens is 1. The van der Waals surface area contributed by atoms with Gasteiger partial charge in [-0.05, 0) is 50.5 Å². The smallest absolute Gasteiger partial charge is 0.274 e. The molecule has 0 spiro atoms. The second kappa shape index (κ2) is 7.91. The number of carbonyl (C=O) groups excluding carboxylic acids is 1. The minimum absolute atomic E-state index is 0.220. The molecule has 0 bridgehead atoms. The van der Waals surface area contributed by atoms with Crippen LogP contribution < -0.4 is 10.6 Å². The van der Waals surface area contributed by atoms with Gasteiger partial charge in [-0.2, -0.15) is 0 Å². The zero-order chi connectivity index (χ0) is 15.9. The first kappa shape index (κ1) is 16.5. The summed E-state index contributed by atoms with van der Waals surface area (Å²) in [4.78, 5) is 18.4. The molecule has 6 heteroatoms. The maximum atomic E-state index is 12.1. The summed E-state index contributed by atoms with van der Waals surface area (Å²) >= 11 is 3.36. The Morgan fingerprint density at radius 2 is 1.82 bits per heavy atom. The van der Waals surface area contributed by atoms with E-state index >= 15 is 0 Å². The van der Waals surface area contributed by atoms with Crippen LogP contribution in [-0.2, 0) is 0 Å². The maximum Gasteiger partial charge on any atom is 0.274 e. The monoisotopic (exact) mass is 362 g/mol. The summed E-state index contributed by atoms with van der Waals surface area (Å²) in [6.45, 7) is 1.77. The second-order valence-corrected chi connectivity index (χ2v) is 6.04. The molecule has 1 aromatic carbocycles. The number of nitrogens with zero attached hydrogens (tertiary/aromatic N) is 2. The number of rotatable bonds is 6. The molecule has 0 aliphatic carbocycles. The van der Waals surface area contributed by atoms with Crippen LogP contribution in [0.25, 0.3) is 0 Å². The zero-order valence-electron chi connectivity index (χ0n) is 12.6. The van der Waals surface area contributed by atoms with Crippen LogP contribution in [0, 0.1) is 0 Å². The number of likely N-dealkylation sites (N-methyl/N-ethyl adjacent to an activating group) is 1. The highest BCUT2D eigenvalue weighted by Crippen LogP contribution is 2.15. The molecule has 0 radical (unpaired) electrons. The van der Waals surface area contributed by atoms with E-state index in [-0.39, 0.29) is 5.91 Å². The Morgan fingerprint density at radius 3 is 2.41 bits per heavy atom. The highest BCUT2D eigenvalue weighted by atomic mass is 79.9. The third-order valence-corrected chi connectivity index (χ3v) is 3.52. The Kier molecular flexibility index (Phi) is 5.91. The summed E-state index contributed by atoms with van der Waals surface area (Å²) < 4.78 is 0.969. The minimum atomic E-state index is -0.220. The zero-order valence-corrected chi connectivity index (χ0v) is 14.2. The van der Waals surface area contributed by atoms with Gasteiger partial charge < -0.3 is 15.5 Å². The van der Waals surface area contributed by atoms with Crippen molar-refractivity contribution in [2.75, 3.05) is 37.8 Å². The fraction of sp³-hybridized carbons (Fsp3) is 0.250. The Morgan fingerprint density at radius 1 is 1.14 bits per heavy atom. The van der Waals surface area contributed by atoms with E-state index in [9.17, 15) is 4.79 Å². The van der Waals surface area contributed by atoms with Crippen molar-refractivity contribution >= 4 is 33.2 Å². The Balaban J connectivity index is 1.91. The molecule has 0 saturated carbocycles. The van der Waals surface area contributed by atoms with Gasteiger partial charge in [-0.3, -0.25) is 4.79 Å². The first-order valence-electron chi connectivity index (χ1n) is 6.96. The normalized spacial score (nSPS) is 10.5. The average Bonchev–Trinajstić information content (AvgIpc) is 2.50. The predicted octanol–water partition coefficient (Wildman–Crippen LogP) is 3.07. The van der Waals surface area contributed by atoms with Crippen molar-refractivity contribution in [3.63, 3.8) is 0 Å². The summed E-state index contributed by atoms with van der Waals surface area (Å²) in [5.74, 6) is -0.220. The summed E-state index contributed by atoms with van der Waals surface area (Å²) in [6.07, 6.45) is 1.67. The average molecular weight is 363 g/mol. The van der Waals surface area contributed by atoms with Crippen molar-refractivity contribution in [3.05, 3.63) is 52.8 Å². The van der Waals surface area contributed by atoms with Gasteiger partial charge in [0.05, 0.1) is 11.9 Å². The van der Waals surface area contributed by atoms with Crippen molar-refractivity contribution in [2.45, 2.75) is 0 Å². The number of hydrogen-bond acceptors (Lipinski definition) is 4. The third-order valence-electron chi connectivity index (χ3n) is 2.99. The van der Waals surface area contributed by atoms with Gasteiger partial charge in [-0.25, -0.2) is 4.98 Å². The fourth-order valence-electron chi connectivity index (χ4n) is 1.78. The molecule has 2 N–H and O–H groups in total. The molecule has 116 valence electrons. The van der Waals surface area contributed by atoms with E-state index in [0.29, 0.717) is 5.69 Å². The van der Waals surface area contributed by atoms with Crippen LogP contribution in [0.1, 0.15) is 10.5 Å². The molecule has 0 aliphatic rings. The fourth-order valence-corrected chi connectivity index (χ4v) is 2.05.